The van der Waals surface area contributed by atoms with Crippen LogP contribution in [-0.4, -0.2) is 40.0 Å². The molecule has 5 nitrogen and oxygen atoms in total. The normalized spacial score (nSPS) is 8.86. The Bertz CT molecular complexity index is 102. The summed E-state index contributed by atoms with van der Waals surface area (Å²) in [6, 6.07) is 0. The Kier molecular flexibility index (Phi) is 6.90. The van der Waals surface area contributed by atoms with E-state index in [1.165, 1.54) is 0 Å². The molecule has 2 N–H and O–H groups in total. The third-order valence-corrected chi connectivity index (χ3v) is 0. The fraction of sp³-hybridized carbons (Fsp3) is 0. The van der Waals surface area contributed by atoms with E-state index in [4.69, 9.17) is 20.6 Å². The molecule has 0 aromatic carbocycles. The van der Waals surface area contributed by atoms with Gasteiger partial charge in [-0.3, -0.25) is 9.11 Å². The van der Waals surface area contributed by atoms with Gasteiger partial charge in [0.1, 0.15) is 0 Å². The van der Waals surface area contributed by atoms with Gasteiger partial charge in [0.05, 0.1) is 0 Å². The zero-order valence-electron chi connectivity index (χ0n) is 3.03. The van der Waals surface area contributed by atoms with Gasteiger partial charge in [0.25, 0.3) is 0 Å². The molecule has 0 bridgehead atoms. The first kappa shape index (κ1) is 10.4. The van der Waals surface area contributed by atoms with Crippen molar-refractivity contribution in [3.8, 4) is 0 Å². The van der Waals surface area contributed by atoms with E-state index in [1.54, 1.807) is 0 Å². The summed E-state index contributed by atoms with van der Waals surface area (Å²) in [7, 11) is -4.67. The Morgan fingerprint density at radius 1 is 1.14 bits per heavy atom. The Balaban J connectivity index is 0. The van der Waals surface area contributed by atoms with Crippen molar-refractivity contribution >= 4 is 32.9 Å². The minimum absolute atomic E-state index is 0.300. The predicted octanol–water partition coefficient (Wildman–Crippen LogP) is -1.15. The number of hydrogen-bond donors (Lipinski definition) is 2. The number of hydrogen-bond acceptors (Lipinski definition) is 3. The van der Waals surface area contributed by atoms with Crippen molar-refractivity contribution in [2.45, 2.75) is 0 Å². The number of rotatable bonds is 0. The summed E-state index contributed by atoms with van der Waals surface area (Å²) in [5.74, 6) is 0. The standard InChI is InChI=1S/H2O4S.O.Sn/c1-5(2,3)4;;/h(H2,1,2,3,4);;. The Labute approximate surface area is 53.8 Å². The molecule has 42 valence electrons. The van der Waals surface area contributed by atoms with E-state index >= 15 is 0 Å². The fourth-order valence-corrected chi connectivity index (χ4v) is 0. The molecule has 0 fully saturated rings. The van der Waals surface area contributed by atoms with Gasteiger partial charge in [-0.25, -0.2) is 0 Å². The molecule has 0 aliphatic rings. The van der Waals surface area contributed by atoms with Crippen LogP contribution in [0, 0.1) is 0 Å². The van der Waals surface area contributed by atoms with Gasteiger partial charge in [0, 0.05) is 0 Å². The Morgan fingerprint density at radius 2 is 1.14 bits per heavy atom. The summed E-state index contributed by atoms with van der Waals surface area (Å²) in [5.41, 5.74) is 0. The van der Waals surface area contributed by atoms with E-state index in [2.05, 4.69) is 0 Å². The van der Waals surface area contributed by atoms with Crippen LogP contribution in [0.5, 0.6) is 0 Å². The van der Waals surface area contributed by atoms with Crippen molar-refractivity contribution in [1.82, 2.24) is 0 Å². The molecule has 0 saturated heterocycles. The first-order valence-corrected chi connectivity index (χ1v) is 3.46. The van der Waals surface area contributed by atoms with Crippen molar-refractivity contribution in [3.63, 3.8) is 0 Å². The van der Waals surface area contributed by atoms with Crippen molar-refractivity contribution in [2.24, 2.45) is 0 Å². The van der Waals surface area contributed by atoms with Gasteiger partial charge in [-0.05, 0) is 0 Å². The zero-order chi connectivity index (χ0) is 6.50. The van der Waals surface area contributed by atoms with Crippen LogP contribution < -0.4 is 0 Å². The van der Waals surface area contributed by atoms with E-state index in [0.29, 0.717) is 22.5 Å². The third-order valence-electron chi connectivity index (χ3n) is 0. The summed E-state index contributed by atoms with van der Waals surface area (Å²) in [4.78, 5) is 0. The van der Waals surface area contributed by atoms with Crippen LogP contribution in [0.4, 0.5) is 0 Å². The van der Waals surface area contributed by atoms with Crippen LogP contribution in [0.25, 0.3) is 0 Å². The maximum absolute atomic E-state index is 8.74. The van der Waals surface area contributed by atoms with Gasteiger partial charge in [-0.2, -0.15) is 8.42 Å². The molecule has 0 unspecified atom stereocenters. The Morgan fingerprint density at radius 3 is 1.14 bits per heavy atom. The maximum atomic E-state index is 8.74. The van der Waals surface area contributed by atoms with E-state index < -0.39 is 10.4 Å². The monoisotopic (exact) mass is 234 g/mol. The predicted molar refractivity (Wildman–Crippen MR) is 20.6 cm³/mol. The van der Waals surface area contributed by atoms with Gasteiger partial charge >= 0.3 is 36.0 Å². The van der Waals surface area contributed by atoms with Crippen molar-refractivity contribution in [3.05, 3.63) is 0 Å². The SMILES string of the molecule is O=S(=O)(O)O.[O]=[Sn]. The second-order valence-electron chi connectivity index (χ2n) is 0.448. The fourth-order valence-electron chi connectivity index (χ4n) is 0. The molecule has 0 spiro atoms. The minimum atomic E-state index is -4.67. The van der Waals surface area contributed by atoms with Gasteiger partial charge < -0.3 is 0 Å². The van der Waals surface area contributed by atoms with Gasteiger partial charge in [0.2, 0.25) is 0 Å². The van der Waals surface area contributed by atoms with Crippen LogP contribution in [-0.2, 0) is 13.5 Å². The summed E-state index contributed by atoms with van der Waals surface area (Å²) >= 11 is 0.300. The molecule has 0 aliphatic heterocycles. The molecular formula is H2O5SSn. The molecule has 0 amide bonds. The average molecular weight is 233 g/mol. The molecule has 0 atom stereocenters. The van der Waals surface area contributed by atoms with Crippen molar-refractivity contribution in [2.75, 3.05) is 0 Å². The molecule has 0 aromatic rings. The topological polar surface area (TPSA) is 91.7 Å². The molecule has 0 aromatic heterocycles. The van der Waals surface area contributed by atoms with Gasteiger partial charge in [-0.1, -0.05) is 0 Å². The molecule has 0 saturated carbocycles. The van der Waals surface area contributed by atoms with E-state index in [-0.39, 0.29) is 0 Å². The summed E-state index contributed by atoms with van der Waals surface area (Å²) in [6.45, 7) is 0. The quantitative estimate of drug-likeness (QED) is 0.407. The molecular weight excluding hydrogens is 231 g/mol. The molecule has 0 aliphatic carbocycles. The first-order chi connectivity index (χ1) is 3.00. The molecule has 0 heterocycles. The Hall–Kier alpha value is 0.469. The summed E-state index contributed by atoms with van der Waals surface area (Å²) in [6.07, 6.45) is 0. The van der Waals surface area contributed by atoms with Gasteiger partial charge in [0.15, 0.2) is 0 Å². The van der Waals surface area contributed by atoms with Crippen LogP contribution in [0.2, 0.25) is 0 Å². The van der Waals surface area contributed by atoms with E-state index in [0.717, 1.165) is 0 Å². The molecule has 2 radical (unpaired) electrons. The zero-order valence-corrected chi connectivity index (χ0v) is 6.70. The molecule has 7 heavy (non-hydrogen) atoms. The van der Waals surface area contributed by atoms with Gasteiger partial charge in [-0.15, -0.1) is 0 Å². The van der Waals surface area contributed by atoms with Crippen LogP contribution in [0.15, 0.2) is 0 Å². The van der Waals surface area contributed by atoms with Crippen LogP contribution in [0.3, 0.4) is 0 Å². The van der Waals surface area contributed by atoms with E-state index in [9.17, 15) is 0 Å². The van der Waals surface area contributed by atoms with E-state index in [1.807, 2.05) is 0 Å². The second kappa shape index (κ2) is 4.62. The summed E-state index contributed by atoms with van der Waals surface area (Å²) in [5, 5.41) is 0. The average Bonchev–Trinajstić information content (AvgIpc) is 1.36. The van der Waals surface area contributed by atoms with Crippen LogP contribution >= 0.6 is 0 Å². The molecule has 7 heteroatoms. The second-order valence-corrected chi connectivity index (χ2v) is 1.34. The van der Waals surface area contributed by atoms with Crippen molar-refractivity contribution in [1.29, 1.82) is 0 Å². The third kappa shape index (κ3) is 588. The van der Waals surface area contributed by atoms with Crippen LogP contribution in [0.1, 0.15) is 0 Å². The first-order valence-electron chi connectivity index (χ1n) is 0.903. The summed E-state index contributed by atoms with van der Waals surface area (Å²) < 4.78 is 39.9. The van der Waals surface area contributed by atoms with Crippen molar-refractivity contribution < 1.29 is 20.6 Å². The molecule has 0 rings (SSSR count).